The number of fused-ring (bicyclic) bond motifs is 1. The summed E-state index contributed by atoms with van der Waals surface area (Å²) in [4.78, 5) is 30.4. The second kappa shape index (κ2) is 8.19. The van der Waals surface area contributed by atoms with E-state index in [1.165, 1.54) is 0 Å². The number of carbonyl (C=O) groups is 1. The van der Waals surface area contributed by atoms with Crippen molar-refractivity contribution in [1.82, 2.24) is 14.9 Å². The Bertz CT molecular complexity index is 1070. The number of hydrogen-bond donors (Lipinski definition) is 1. The van der Waals surface area contributed by atoms with Crippen molar-refractivity contribution in [2.45, 2.75) is 51.6 Å². The third kappa shape index (κ3) is 4.24. The van der Waals surface area contributed by atoms with Crippen LogP contribution in [-0.2, 0) is 11.2 Å². The van der Waals surface area contributed by atoms with Crippen molar-refractivity contribution in [2.24, 2.45) is 5.92 Å². The first kappa shape index (κ1) is 19.4. The smallest absolute Gasteiger partial charge is 0.261 e. The lowest BCUT2D eigenvalue weighted by molar-refractivity contribution is -0.122. The number of carbonyl (C=O) groups excluding carboxylic acids is 1. The topological polar surface area (TPSA) is 64.0 Å². The van der Waals surface area contributed by atoms with Gasteiger partial charge < -0.3 is 5.32 Å². The van der Waals surface area contributed by atoms with E-state index >= 15 is 0 Å². The highest BCUT2D eigenvalue weighted by molar-refractivity contribution is 5.78. The Hall–Kier alpha value is -2.95. The van der Waals surface area contributed by atoms with E-state index in [9.17, 15) is 9.59 Å². The average molecular weight is 389 g/mol. The second-order valence-electron chi connectivity index (χ2n) is 8.15. The molecule has 0 saturated heterocycles. The minimum atomic E-state index is -0.0288. The fourth-order valence-corrected chi connectivity index (χ4v) is 3.84. The molecular formula is C24H27N3O2. The van der Waals surface area contributed by atoms with Crippen LogP contribution in [0.15, 0.2) is 59.4 Å². The summed E-state index contributed by atoms with van der Waals surface area (Å²) in [7, 11) is 0. The minimum Gasteiger partial charge on any atom is -0.349 e. The van der Waals surface area contributed by atoms with E-state index in [2.05, 4.69) is 19.2 Å². The van der Waals surface area contributed by atoms with E-state index in [4.69, 9.17) is 4.98 Å². The molecule has 0 radical (unpaired) electrons. The Kier molecular flexibility index (Phi) is 5.47. The normalized spacial score (nSPS) is 14.9. The van der Waals surface area contributed by atoms with Crippen molar-refractivity contribution < 1.29 is 4.79 Å². The Balaban J connectivity index is 1.53. The highest BCUT2D eigenvalue weighted by Gasteiger charge is 2.28. The molecule has 5 heteroatoms. The van der Waals surface area contributed by atoms with Gasteiger partial charge >= 0.3 is 0 Å². The van der Waals surface area contributed by atoms with Crippen LogP contribution in [-0.4, -0.2) is 15.5 Å². The van der Waals surface area contributed by atoms with Crippen LogP contribution in [0.2, 0.25) is 0 Å². The zero-order valence-electron chi connectivity index (χ0n) is 17.0. The van der Waals surface area contributed by atoms with Gasteiger partial charge in [0.05, 0.1) is 16.9 Å². The van der Waals surface area contributed by atoms with E-state index in [0.29, 0.717) is 29.6 Å². The van der Waals surface area contributed by atoms with Crippen molar-refractivity contribution in [3.05, 3.63) is 76.3 Å². The molecule has 1 atom stereocenters. The summed E-state index contributed by atoms with van der Waals surface area (Å²) in [5, 5.41) is 3.81. The number of para-hydroxylation sites is 1. The van der Waals surface area contributed by atoms with Gasteiger partial charge in [-0.05, 0) is 36.5 Å². The van der Waals surface area contributed by atoms with Crippen molar-refractivity contribution >= 4 is 16.8 Å². The fourth-order valence-electron chi connectivity index (χ4n) is 3.84. The molecule has 150 valence electrons. The van der Waals surface area contributed by atoms with Crippen LogP contribution in [0.3, 0.4) is 0 Å². The lowest BCUT2D eigenvalue weighted by Crippen LogP contribution is -2.32. The molecule has 1 fully saturated rings. The molecule has 1 aliphatic carbocycles. The van der Waals surface area contributed by atoms with Gasteiger partial charge in [-0.2, -0.15) is 0 Å². The summed E-state index contributed by atoms with van der Waals surface area (Å²) in [5.74, 6) is 0.981. The average Bonchev–Trinajstić information content (AvgIpc) is 3.56. The SMILES string of the molecule is CC(C)C(NC(=O)CCc1nc2ccccc2c(=O)n1C1CC1)c1ccccc1. The van der Waals surface area contributed by atoms with Gasteiger partial charge in [0.1, 0.15) is 5.82 Å². The summed E-state index contributed by atoms with van der Waals surface area (Å²) < 4.78 is 1.81. The number of rotatable bonds is 7. The van der Waals surface area contributed by atoms with Gasteiger partial charge in [0.25, 0.3) is 5.56 Å². The fraction of sp³-hybridized carbons (Fsp3) is 0.375. The first-order chi connectivity index (χ1) is 14.0. The number of benzene rings is 2. The van der Waals surface area contributed by atoms with Crippen LogP contribution < -0.4 is 10.9 Å². The minimum absolute atomic E-state index is 0.0119. The second-order valence-corrected chi connectivity index (χ2v) is 8.15. The Morgan fingerprint density at radius 2 is 1.79 bits per heavy atom. The van der Waals surface area contributed by atoms with E-state index in [1.54, 1.807) is 0 Å². The van der Waals surface area contributed by atoms with E-state index in [-0.39, 0.29) is 29.5 Å². The Morgan fingerprint density at radius 1 is 1.10 bits per heavy atom. The number of nitrogens with one attached hydrogen (secondary N) is 1. The molecule has 1 heterocycles. The van der Waals surface area contributed by atoms with Crippen molar-refractivity contribution in [2.75, 3.05) is 0 Å². The van der Waals surface area contributed by atoms with Crippen LogP contribution in [0, 0.1) is 5.92 Å². The van der Waals surface area contributed by atoms with Crippen LogP contribution in [0.25, 0.3) is 10.9 Å². The zero-order chi connectivity index (χ0) is 20.4. The number of hydrogen-bond acceptors (Lipinski definition) is 3. The molecule has 1 amide bonds. The van der Waals surface area contributed by atoms with Crippen LogP contribution in [0.1, 0.15) is 56.6 Å². The van der Waals surface area contributed by atoms with Gasteiger partial charge in [0, 0.05) is 18.9 Å². The van der Waals surface area contributed by atoms with Crippen molar-refractivity contribution in [3.63, 3.8) is 0 Å². The third-order valence-corrected chi connectivity index (χ3v) is 5.51. The molecule has 0 spiro atoms. The lowest BCUT2D eigenvalue weighted by atomic mass is 9.96. The molecule has 1 saturated carbocycles. The van der Waals surface area contributed by atoms with Gasteiger partial charge in [-0.25, -0.2) is 4.98 Å². The number of nitrogens with zero attached hydrogens (tertiary/aromatic N) is 2. The molecule has 2 aromatic carbocycles. The van der Waals surface area contributed by atoms with E-state index in [0.717, 1.165) is 18.4 Å². The molecule has 0 aliphatic heterocycles. The lowest BCUT2D eigenvalue weighted by Gasteiger charge is -2.23. The Morgan fingerprint density at radius 3 is 2.48 bits per heavy atom. The molecule has 5 nitrogen and oxygen atoms in total. The maximum Gasteiger partial charge on any atom is 0.261 e. The van der Waals surface area contributed by atoms with Crippen molar-refractivity contribution in [1.29, 1.82) is 0 Å². The molecular weight excluding hydrogens is 362 g/mol. The van der Waals surface area contributed by atoms with E-state index in [1.807, 2.05) is 59.2 Å². The molecule has 4 rings (SSSR count). The predicted octanol–water partition coefficient (Wildman–Crippen LogP) is 4.18. The molecule has 1 aliphatic rings. The van der Waals surface area contributed by atoms with Crippen LogP contribution in [0.5, 0.6) is 0 Å². The van der Waals surface area contributed by atoms with Gasteiger partial charge in [-0.1, -0.05) is 56.3 Å². The van der Waals surface area contributed by atoms with Gasteiger partial charge in [-0.3, -0.25) is 14.2 Å². The summed E-state index contributed by atoms with van der Waals surface area (Å²) in [5.41, 5.74) is 1.82. The monoisotopic (exact) mass is 389 g/mol. The van der Waals surface area contributed by atoms with Crippen LogP contribution in [0.4, 0.5) is 0 Å². The van der Waals surface area contributed by atoms with Crippen molar-refractivity contribution in [3.8, 4) is 0 Å². The van der Waals surface area contributed by atoms with E-state index < -0.39 is 0 Å². The maximum atomic E-state index is 12.9. The number of aromatic nitrogens is 2. The molecule has 1 unspecified atom stereocenters. The number of amides is 1. The molecule has 3 aromatic rings. The largest absolute Gasteiger partial charge is 0.349 e. The summed E-state index contributed by atoms with van der Waals surface area (Å²) >= 11 is 0. The van der Waals surface area contributed by atoms with Gasteiger partial charge in [-0.15, -0.1) is 0 Å². The summed E-state index contributed by atoms with van der Waals surface area (Å²) in [6, 6.07) is 17.7. The highest BCUT2D eigenvalue weighted by Crippen LogP contribution is 2.35. The highest BCUT2D eigenvalue weighted by atomic mass is 16.1. The first-order valence-electron chi connectivity index (χ1n) is 10.4. The quantitative estimate of drug-likeness (QED) is 0.659. The predicted molar refractivity (Wildman–Crippen MR) is 115 cm³/mol. The molecule has 29 heavy (non-hydrogen) atoms. The standard InChI is InChI=1S/C24H27N3O2/c1-16(2)23(17-8-4-3-5-9-17)26-22(28)15-14-21-25-20-11-7-6-10-19(20)24(29)27(21)18-12-13-18/h3-11,16,18,23H,12-15H2,1-2H3,(H,26,28). The molecule has 1 aromatic heterocycles. The first-order valence-corrected chi connectivity index (χ1v) is 10.4. The summed E-state index contributed by atoms with van der Waals surface area (Å²) in [6.07, 6.45) is 2.78. The van der Waals surface area contributed by atoms with Gasteiger partial charge in [0.15, 0.2) is 0 Å². The molecule has 0 bridgehead atoms. The van der Waals surface area contributed by atoms with Gasteiger partial charge in [0.2, 0.25) is 5.91 Å². The Labute approximate surface area is 170 Å². The molecule has 1 N–H and O–H groups in total. The summed E-state index contributed by atoms with van der Waals surface area (Å²) in [6.45, 7) is 4.21. The number of aryl methyl sites for hydroxylation is 1. The zero-order valence-corrected chi connectivity index (χ0v) is 17.0. The van der Waals surface area contributed by atoms with Crippen LogP contribution >= 0.6 is 0 Å². The maximum absolute atomic E-state index is 12.9. The third-order valence-electron chi connectivity index (χ3n) is 5.51.